The fraction of sp³-hybridized carbons (Fsp3) is 0.500. The summed E-state index contributed by atoms with van der Waals surface area (Å²) in [5.74, 6) is 0. The monoisotopic (exact) mass is 142 g/mol. The van der Waals surface area contributed by atoms with Gasteiger partial charge >= 0.3 is 0 Å². The van der Waals surface area contributed by atoms with Crippen molar-refractivity contribution in [3.63, 3.8) is 0 Å². The lowest BCUT2D eigenvalue weighted by Gasteiger charge is -1.95. The SMILES string of the molecule is Cc1ncsc1C(C)[O]. The zero-order valence-electron chi connectivity index (χ0n) is 5.42. The maximum absolute atomic E-state index is 10.8. The van der Waals surface area contributed by atoms with Crippen molar-refractivity contribution in [1.29, 1.82) is 0 Å². The summed E-state index contributed by atoms with van der Waals surface area (Å²) in [6.07, 6.45) is -0.613. The molecule has 1 aromatic rings. The molecule has 0 bridgehead atoms. The van der Waals surface area contributed by atoms with E-state index < -0.39 is 6.10 Å². The molecule has 1 rings (SSSR count). The summed E-state index contributed by atoms with van der Waals surface area (Å²) in [4.78, 5) is 4.81. The Morgan fingerprint density at radius 2 is 2.44 bits per heavy atom. The molecule has 0 spiro atoms. The maximum Gasteiger partial charge on any atom is 0.126 e. The summed E-state index contributed by atoms with van der Waals surface area (Å²) in [5.41, 5.74) is 2.58. The topological polar surface area (TPSA) is 32.8 Å². The third-order valence-corrected chi connectivity index (χ3v) is 2.24. The highest BCUT2D eigenvalue weighted by Crippen LogP contribution is 2.20. The van der Waals surface area contributed by atoms with Crippen LogP contribution in [-0.4, -0.2) is 4.98 Å². The van der Waals surface area contributed by atoms with Gasteiger partial charge in [-0.2, -0.15) is 0 Å². The summed E-state index contributed by atoms with van der Waals surface area (Å²) in [6, 6.07) is 0. The molecule has 9 heavy (non-hydrogen) atoms. The van der Waals surface area contributed by atoms with E-state index in [1.54, 1.807) is 12.4 Å². The standard InChI is InChI=1S/C6H8NOS/c1-4-6(5(2)8)9-3-7-4/h3,5H,1-2H3. The van der Waals surface area contributed by atoms with E-state index in [0.717, 1.165) is 10.6 Å². The lowest BCUT2D eigenvalue weighted by molar-refractivity contribution is 0.109. The average Bonchev–Trinajstić information content (AvgIpc) is 2.13. The predicted molar refractivity (Wildman–Crippen MR) is 36.0 cm³/mol. The van der Waals surface area contributed by atoms with Crippen molar-refractivity contribution in [3.05, 3.63) is 16.1 Å². The Morgan fingerprint density at radius 3 is 2.67 bits per heavy atom. The van der Waals surface area contributed by atoms with Gasteiger partial charge < -0.3 is 0 Å². The molecule has 0 saturated heterocycles. The smallest absolute Gasteiger partial charge is 0.126 e. The molecule has 1 radical (unpaired) electrons. The Hall–Kier alpha value is -0.410. The van der Waals surface area contributed by atoms with E-state index in [2.05, 4.69) is 4.98 Å². The quantitative estimate of drug-likeness (QED) is 0.589. The molecule has 1 heterocycles. The van der Waals surface area contributed by atoms with Crippen LogP contribution in [0.1, 0.15) is 23.6 Å². The molecule has 1 atom stereocenters. The van der Waals surface area contributed by atoms with Gasteiger partial charge in [-0.1, -0.05) is 0 Å². The van der Waals surface area contributed by atoms with Gasteiger partial charge in [0.05, 0.1) is 16.1 Å². The minimum Gasteiger partial charge on any atom is -0.250 e. The van der Waals surface area contributed by atoms with E-state index >= 15 is 0 Å². The lowest BCUT2D eigenvalue weighted by Crippen LogP contribution is -1.86. The van der Waals surface area contributed by atoms with Crippen LogP contribution in [0.5, 0.6) is 0 Å². The molecule has 1 unspecified atom stereocenters. The van der Waals surface area contributed by atoms with Crippen LogP contribution in [-0.2, 0) is 5.11 Å². The fourth-order valence-electron chi connectivity index (χ4n) is 0.701. The Balaban J connectivity index is 2.94. The first-order valence-electron chi connectivity index (χ1n) is 2.77. The first kappa shape index (κ1) is 6.71. The van der Waals surface area contributed by atoms with Crippen LogP contribution < -0.4 is 0 Å². The van der Waals surface area contributed by atoms with E-state index in [9.17, 15) is 5.11 Å². The minimum absolute atomic E-state index is 0.613. The van der Waals surface area contributed by atoms with Gasteiger partial charge in [-0.05, 0) is 13.8 Å². The van der Waals surface area contributed by atoms with Crippen molar-refractivity contribution in [3.8, 4) is 0 Å². The molecular weight excluding hydrogens is 134 g/mol. The summed E-state index contributed by atoms with van der Waals surface area (Å²) in [7, 11) is 0. The van der Waals surface area contributed by atoms with Gasteiger partial charge in [-0.25, -0.2) is 10.1 Å². The van der Waals surface area contributed by atoms with Crippen molar-refractivity contribution < 1.29 is 5.11 Å². The first-order valence-corrected chi connectivity index (χ1v) is 3.65. The highest BCUT2D eigenvalue weighted by atomic mass is 32.1. The molecule has 3 heteroatoms. The molecule has 0 aliphatic rings. The molecule has 1 aromatic heterocycles. The zero-order valence-corrected chi connectivity index (χ0v) is 6.23. The third kappa shape index (κ3) is 1.28. The zero-order chi connectivity index (χ0) is 6.85. The second kappa shape index (κ2) is 2.45. The average molecular weight is 142 g/mol. The number of aryl methyl sites for hydroxylation is 1. The predicted octanol–water partition coefficient (Wildman–Crippen LogP) is 1.94. The normalized spacial score (nSPS) is 13.7. The number of nitrogens with zero attached hydrogens (tertiary/aromatic N) is 1. The lowest BCUT2D eigenvalue weighted by atomic mass is 10.3. The fourth-order valence-corrected chi connectivity index (χ4v) is 1.44. The van der Waals surface area contributed by atoms with Gasteiger partial charge in [0.1, 0.15) is 6.10 Å². The molecule has 0 aliphatic carbocycles. The van der Waals surface area contributed by atoms with E-state index in [-0.39, 0.29) is 0 Å². The molecule has 0 fully saturated rings. The minimum atomic E-state index is -0.613. The Kier molecular flexibility index (Phi) is 1.83. The van der Waals surface area contributed by atoms with Crippen molar-refractivity contribution in [2.24, 2.45) is 0 Å². The van der Waals surface area contributed by atoms with Gasteiger partial charge in [-0.15, -0.1) is 11.3 Å². The molecular formula is C6H8NOS. The van der Waals surface area contributed by atoms with Crippen LogP contribution in [0.25, 0.3) is 0 Å². The van der Waals surface area contributed by atoms with Crippen LogP contribution in [0.2, 0.25) is 0 Å². The summed E-state index contributed by atoms with van der Waals surface area (Å²) in [6.45, 7) is 3.50. The Labute approximate surface area is 58.2 Å². The van der Waals surface area contributed by atoms with Crippen LogP contribution in [0.15, 0.2) is 5.51 Å². The molecule has 2 nitrogen and oxygen atoms in total. The van der Waals surface area contributed by atoms with E-state index in [4.69, 9.17) is 0 Å². The maximum atomic E-state index is 10.8. The Bertz CT molecular complexity index is 195. The van der Waals surface area contributed by atoms with Crippen LogP contribution >= 0.6 is 11.3 Å². The number of hydrogen-bond acceptors (Lipinski definition) is 2. The van der Waals surface area contributed by atoms with E-state index in [0.29, 0.717) is 0 Å². The third-order valence-electron chi connectivity index (χ3n) is 1.15. The van der Waals surface area contributed by atoms with Gasteiger partial charge in [-0.3, -0.25) is 0 Å². The number of rotatable bonds is 1. The summed E-state index contributed by atoms with van der Waals surface area (Å²) >= 11 is 1.43. The summed E-state index contributed by atoms with van der Waals surface area (Å²) < 4.78 is 0. The Morgan fingerprint density at radius 1 is 1.78 bits per heavy atom. The number of aromatic nitrogens is 1. The number of thiazole rings is 1. The molecule has 0 amide bonds. The van der Waals surface area contributed by atoms with Crippen molar-refractivity contribution in [1.82, 2.24) is 4.98 Å². The van der Waals surface area contributed by atoms with Gasteiger partial charge in [0, 0.05) is 0 Å². The van der Waals surface area contributed by atoms with Crippen molar-refractivity contribution >= 4 is 11.3 Å². The molecule has 49 valence electrons. The van der Waals surface area contributed by atoms with Gasteiger partial charge in [0.25, 0.3) is 0 Å². The van der Waals surface area contributed by atoms with E-state index in [1.165, 1.54) is 11.3 Å². The highest BCUT2D eigenvalue weighted by molar-refractivity contribution is 7.09. The number of hydrogen-bond donors (Lipinski definition) is 0. The van der Waals surface area contributed by atoms with Crippen LogP contribution in [0.4, 0.5) is 0 Å². The second-order valence-corrected chi connectivity index (χ2v) is 2.83. The van der Waals surface area contributed by atoms with Crippen LogP contribution in [0, 0.1) is 6.92 Å². The van der Waals surface area contributed by atoms with Crippen LogP contribution in [0.3, 0.4) is 0 Å². The summed E-state index contributed by atoms with van der Waals surface area (Å²) in [5, 5.41) is 10.8. The molecule has 0 aliphatic heterocycles. The second-order valence-electron chi connectivity index (χ2n) is 1.94. The van der Waals surface area contributed by atoms with E-state index in [1.807, 2.05) is 6.92 Å². The van der Waals surface area contributed by atoms with Gasteiger partial charge in [0.2, 0.25) is 0 Å². The van der Waals surface area contributed by atoms with Gasteiger partial charge in [0.15, 0.2) is 0 Å². The molecule has 0 N–H and O–H groups in total. The first-order chi connectivity index (χ1) is 4.22. The van der Waals surface area contributed by atoms with Crippen molar-refractivity contribution in [2.45, 2.75) is 20.0 Å². The largest absolute Gasteiger partial charge is 0.250 e. The van der Waals surface area contributed by atoms with Crippen molar-refractivity contribution in [2.75, 3.05) is 0 Å². The highest BCUT2D eigenvalue weighted by Gasteiger charge is 2.07. The molecule has 0 saturated carbocycles. The molecule has 0 aromatic carbocycles.